The van der Waals surface area contributed by atoms with E-state index in [1.807, 2.05) is 13.2 Å². The predicted molar refractivity (Wildman–Crippen MR) is 169 cm³/mol. The largest absolute Gasteiger partial charge is 0.301 e. The summed E-state index contributed by atoms with van der Waals surface area (Å²) in [6, 6.07) is 24.0. The number of rotatable bonds is 8. The molecular weight excluding hydrogens is 460 g/mol. The van der Waals surface area contributed by atoms with Gasteiger partial charge in [0, 0.05) is 29.9 Å². The number of amidine groups is 1. The van der Waals surface area contributed by atoms with E-state index in [1.165, 1.54) is 33.4 Å². The molecule has 0 unspecified atom stereocenters. The van der Waals surface area contributed by atoms with Crippen molar-refractivity contribution in [3.63, 3.8) is 0 Å². The average molecular weight is 505 g/mol. The molecule has 0 saturated carbocycles. The highest BCUT2D eigenvalue weighted by Gasteiger charge is 2.27. The van der Waals surface area contributed by atoms with Crippen molar-refractivity contribution >= 4 is 17.1 Å². The summed E-state index contributed by atoms with van der Waals surface area (Å²) in [6.07, 6.45) is 9.51. The second-order valence-corrected chi connectivity index (χ2v) is 10.9. The summed E-state index contributed by atoms with van der Waals surface area (Å²) in [5.41, 5.74) is 9.48. The molecule has 198 valence electrons. The minimum absolute atomic E-state index is 0.0375. The lowest BCUT2D eigenvalue weighted by molar-refractivity contribution is 0.589. The lowest BCUT2D eigenvalue weighted by Gasteiger charge is -2.32. The molecule has 0 radical (unpaired) electrons. The third kappa shape index (κ3) is 6.25. The van der Waals surface area contributed by atoms with E-state index in [1.54, 1.807) is 0 Å². The van der Waals surface area contributed by atoms with E-state index in [9.17, 15) is 0 Å². The predicted octanol–water partition coefficient (Wildman–Crippen LogP) is 10.2. The molecule has 0 spiro atoms. The van der Waals surface area contributed by atoms with E-state index in [-0.39, 0.29) is 5.41 Å². The van der Waals surface area contributed by atoms with Gasteiger partial charge in [0.25, 0.3) is 0 Å². The summed E-state index contributed by atoms with van der Waals surface area (Å²) in [5, 5.41) is 0. The maximum Gasteiger partial charge on any atom is 0.139 e. The van der Waals surface area contributed by atoms with Gasteiger partial charge in [-0.3, -0.25) is 4.99 Å². The van der Waals surface area contributed by atoms with Crippen LogP contribution in [0.25, 0.3) is 16.7 Å². The summed E-state index contributed by atoms with van der Waals surface area (Å²) >= 11 is 0. The summed E-state index contributed by atoms with van der Waals surface area (Å²) in [7, 11) is 1.88. The first-order valence-corrected chi connectivity index (χ1v) is 13.7. The Morgan fingerprint density at radius 1 is 0.974 bits per heavy atom. The van der Waals surface area contributed by atoms with Crippen molar-refractivity contribution in [2.24, 2.45) is 4.99 Å². The van der Waals surface area contributed by atoms with Crippen LogP contribution in [0.1, 0.15) is 83.1 Å². The number of benzene rings is 3. The molecule has 0 bridgehead atoms. The van der Waals surface area contributed by atoms with E-state index in [2.05, 4.69) is 145 Å². The quantitative estimate of drug-likeness (QED) is 0.169. The fourth-order valence-electron chi connectivity index (χ4n) is 4.95. The molecule has 38 heavy (non-hydrogen) atoms. The normalized spacial score (nSPS) is 12.9. The highest BCUT2D eigenvalue weighted by molar-refractivity contribution is 6.15. The smallest absolute Gasteiger partial charge is 0.139 e. The number of hydrogen-bond donors (Lipinski definition) is 0. The monoisotopic (exact) mass is 504 g/mol. The van der Waals surface area contributed by atoms with Gasteiger partial charge in [-0.05, 0) is 59.1 Å². The minimum Gasteiger partial charge on any atom is -0.301 e. The summed E-state index contributed by atoms with van der Waals surface area (Å²) in [5.74, 6) is 1.27. The van der Waals surface area contributed by atoms with Crippen LogP contribution in [0.3, 0.4) is 0 Å². The van der Waals surface area contributed by atoms with Gasteiger partial charge < -0.3 is 4.90 Å². The van der Waals surface area contributed by atoms with Gasteiger partial charge >= 0.3 is 0 Å². The molecule has 2 nitrogen and oxygen atoms in total. The first kappa shape index (κ1) is 28.9. The molecular formula is C36H44N2. The fourth-order valence-corrected chi connectivity index (χ4v) is 4.95. The van der Waals surface area contributed by atoms with E-state index < -0.39 is 0 Å². The second kappa shape index (κ2) is 12.7. The number of nitrogens with zero attached hydrogens (tertiary/aromatic N) is 2. The zero-order chi connectivity index (χ0) is 27.9. The summed E-state index contributed by atoms with van der Waals surface area (Å²) in [6.45, 7) is 19.9. The second-order valence-electron chi connectivity index (χ2n) is 10.9. The molecule has 2 heteroatoms. The number of aliphatic imine (C=N–C) groups is 1. The van der Waals surface area contributed by atoms with Crippen molar-refractivity contribution in [2.45, 2.75) is 66.2 Å². The molecule has 0 aliphatic rings. The third-order valence-electron chi connectivity index (χ3n) is 6.80. The van der Waals surface area contributed by atoms with Crippen LogP contribution in [0.15, 0.2) is 103 Å². The van der Waals surface area contributed by atoms with Gasteiger partial charge in [-0.25, -0.2) is 0 Å². The van der Waals surface area contributed by atoms with E-state index in [4.69, 9.17) is 4.99 Å². The van der Waals surface area contributed by atoms with Gasteiger partial charge in [0.15, 0.2) is 0 Å². The highest BCUT2D eigenvalue weighted by atomic mass is 15.2. The van der Waals surface area contributed by atoms with Crippen LogP contribution >= 0.6 is 0 Å². The maximum atomic E-state index is 4.90. The molecule has 0 fully saturated rings. The average Bonchev–Trinajstić information content (AvgIpc) is 2.91. The molecule has 0 aliphatic heterocycles. The van der Waals surface area contributed by atoms with Crippen LogP contribution in [-0.2, 0) is 5.41 Å². The Morgan fingerprint density at radius 3 is 2.18 bits per heavy atom. The van der Waals surface area contributed by atoms with Crippen molar-refractivity contribution in [2.75, 3.05) is 11.9 Å². The topological polar surface area (TPSA) is 15.6 Å². The Labute approximate surface area is 231 Å². The van der Waals surface area contributed by atoms with Crippen molar-refractivity contribution in [1.82, 2.24) is 0 Å². The molecule has 0 aromatic heterocycles. The summed E-state index contributed by atoms with van der Waals surface area (Å²) < 4.78 is 0. The standard InChI is InChI=1S/C36H44N2/c1-10-18-27(19-11-2)31-24-29(26(4)5)25-32(28-20-14-13-15-21-28)34(31)38(12-3)35(37-9)30-22-16-17-23-33(30)36(6,7)8/h10,12-26H,3,11H2,1-2,4-9H3/b18-10-,27-19+,37-35?. The van der Waals surface area contributed by atoms with Crippen molar-refractivity contribution < 1.29 is 0 Å². The number of allylic oxidation sites excluding steroid dienone is 4. The SMILES string of the molecule is C=CN(C(=NC)c1ccccc1C(C)(C)C)c1c(C(/C=C\C)=C/CC)cc(C(C)C)cc1-c1ccccc1. The van der Waals surface area contributed by atoms with E-state index in [0.29, 0.717) is 5.92 Å². The zero-order valence-electron chi connectivity index (χ0n) is 24.5. The van der Waals surface area contributed by atoms with Crippen LogP contribution in [-0.4, -0.2) is 12.9 Å². The van der Waals surface area contributed by atoms with Crippen LogP contribution in [0.2, 0.25) is 0 Å². The van der Waals surface area contributed by atoms with Gasteiger partial charge in [0.05, 0.1) is 5.69 Å². The lowest BCUT2D eigenvalue weighted by Crippen LogP contribution is -2.30. The van der Waals surface area contributed by atoms with Gasteiger partial charge in [-0.2, -0.15) is 0 Å². The van der Waals surface area contributed by atoms with Crippen LogP contribution < -0.4 is 4.90 Å². The van der Waals surface area contributed by atoms with Gasteiger partial charge in [0.1, 0.15) is 5.84 Å². The zero-order valence-corrected chi connectivity index (χ0v) is 24.5. The third-order valence-corrected chi connectivity index (χ3v) is 6.80. The Bertz CT molecular complexity index is 1330. The molecule has 0 atom stereocenters. The molecule has 0 N–H and O–H groups in total. The van der Waals surface area contributed by atoms with Gasteiger partial charge in [-0.15, -0.1) is 0 Å². The molecule has 0 aliphatic carbocycles. The van der Waals surface area contributed by atoms with Crippen molar-refractivity contribution in [3.8, 4) is 11.1 Å². The summed E-state index contributed by atoms with van der Waals surface area (Å²) in [4.78, 5) is 7.09. The number of hydrogen-bond acceptors (Lipinski definition) is 1. The van der Waals surface area contributed by atoms with E-state index in [0.717, 1.165) is 23.5 Å². The molecule has 3 aromatic carbocycles. The molecule has 0 amide bonds. The van der Waals surface area contributed by atoms with E-state index >= 15 is 0 Å². The Kier molecular flexibility index (Phi) is 9.69. The van der Waals surface area contributed by atoms with Crippen molar-refractivity contribution in [3.05, 3.63) is 120 Å². The molecule has 3 rings (SSSR count). The Hall–Kier alpha value is -3.65. The fraction of sp³-hybridized carbons (Fsp3) is 0.306. The Morgan fingerprint density at radius 2 is 1.63 bits per heavy atom. The Balaban J connectivity index is 2.48. The van der Waals surface area contributed by atoms with Crippen LogP contribution in [0.4, 0.5) is 5.69 Å². The maximum absolute atomic E-state index is 4.90. The minimum atomic E-state index is -0.0375. The molecule has 3 aromatic rings. The number of anilines is 1. The first-order valence-electron chi connectivity index (χ1n) is 13.7. The first-order chi connectivity index (χ1) is 18.2. The van der Waals surface area contributed by atoms with Crippen molar-refractivity contribution in [1.29, 1.82) is 0 Å². The highest BCUT2D eigenvalue weighted by Crippen LogP contribution is 2.42. The lowest BCUT2D eigenvalue weighted by atomic mass is 9.83. The van der Waals surface area contributed by atoms with Crippen LogP contribution in [0.5, 0.6) is 0 Å². The van der Waals surface area contributed by atoms with Gasteiger partial charge in [-0.1, -0.05) is 121 Å². The van der Waals surface area contributed by atoms with Crippen LogP contribution in [0, 0.1) is 0 Å². The molecule has 0 heterocycles. The van der Waals surface area contributed by atoms with Gasteiger partial charge in [0.2, 0.25) is 0 Å². The molecule has 0 saturated heterocycles.